The standard InChI is InChI=1S/C8H17NO/c1-7(2,3)8(4,5)6(9)10/h1-5H3,(H2,9,10). The van der Waals surface area contributed by atoms with Crippen LogP contribution in [0.2, 0.25) is 0 Å². The highest BCUT2D eigenvalue weighted by Crippen LogP contribution is 2.37. The van der Waals surface area contributed by atoms with Gasteiger partial charge in [-0.05, 0) is 5.41 Å². The van der Waals surface area contributed by atoms with E-state index in [0.717, 1.165) is 0 Å². The molecule has 60 valence electrons. The van der Waals surface area contributed by atoms with E-state index in [2.05, 4.69) is 0 Å². The highest BCUT2D eigenvalue weighted by Gasteiger charge is 2.37. The van der Waals surface area contributed by atoms with Gasteiger partial charge < -0.3 is 5.73 Å². The van der Waals surface area contributed by atoms with Crippen molar-refractivity contribution >= 4 is 5.91 Å². The molecule has 0 unspecified atom stereocenters. The molecule has 0 bridgehead atoms. The lowest BCUT2D eigenvalue weighted by molar-refractivity contribution is -0.131. The SMILES string of the molecule is CC(C)(C)C(C)(C)C(N)=O. The maximum Gasteiger partial charge on any atom is 0.223 e. The molecule has 2 nitrogen and oxygen atoms in total. The predicted molar refractivity (Wildman–Crippen MR) is 42.4 cm³/mol. The summed E-state index contributed by atoms with van der Waals surface area (Å²) in [5.74, 6) is -0.236. The van der Waals surface area contributed by atoms with Crippen LogP contribution >= 0.6 is 0 Å². The molecule has 0 fully saturated rings. The topological polar surface area (TPSA) is 43.1 Å². The van der Waals surface area contributed by atoms with E-state index in [1.165, 1.54) is 0 Å². The van der Waals surface area contributed by atoms with Crippen LogP contribution in [0.5, 0.6) is 0 Å². The number of primary amides is 1. The summed E-state index contributed by atoms with van der Waals surface area (Å²) in [5, 5.41) is 0. The van der Waals surface area contributed by atoms with Crippen molar-refractivity contribution < 1.29 is 4.79 Å². The summed E-state index contributed by atoms with van der Waals surface area (Å²) >= 11 is 0. The monoisotopic (exact) mass is 143 g/mol. The molecule has 0 spiro atoms. The molecule has 0 aromatic rings. The molecule has 2 heteroatoms. The molecular formula is C8H17NO. The molecule has 0 aromatic heterocycles. The molecule has 0 aromatic carbocycles. The van der Waals surface area contributed by atoms with Gasteiger partial charge in [-0.25, -0.2) is 0 Å². The number of carbonyl (C=O) groups excluding carboxylic acids is 1. The fourth-order valence-corrected chi connectivity index (χ4v) is 0.370. The third-order valence-electron chi connectivity index (χ3n) is 2.49. The first-order valence-corrected chi connectivity index (χ1v) is 3.49. The Morgan fingerprint density at radius 1 is 1.10 bits per heavy atom. The van der Waals surface area contributed by atoms with Gasteiger partial charge in [-0.3, -0.25) is 4.79 Å². The van der Waals surface area contributed by atoms with Crippen LogP contribution in [-0.4, -0.2) is 5.91 Å². The Bertz CT molecular complexity index is 142. The van der Waals surface area contributed by atoms with Crippen LogP contribution < -0.4 is 5.73 Å². The molecule has 2 N–H and O–H groups in total. The van der Waals surface area contributed by atoms with E-state index < -0.39 is 5.41 Å². The number of carbonyl (C=O) groups is 1. The third-order valence-corrected chi connectivity index (χ3v) is 2.49. The van der Waals surface area contributed by atoms with E-state index in [1.54, 1.807) is 0 Å². The minimum Gasteiger partial charge on any atom is -0.369 e. The highest BCUT2D eigenvalue weighted by atomic mass is 16.1. The van der Waals surface area contributed by atoms with Crippen LogP contribution in [-0.2, 0) is 4.79 Å². The predicted octanol–water partition coefficient (Wildman–Crippen LogP) is 1.54. The highest BCUT2D eigenvalue weighted by molar-refractivity contribution is 5.80. The lowest BCUT2D eigenvalue weighted by Crippen LogP contribution is -2.42. The van der Waals surface area contributed by atoms with Gasteiger partial charge in [0.2, 0.25) is 5.91 Å². The molecule has 0 aliphatic heterocycles. The zero-order valence-electron chi connectivity index (χ0n) is 7.49. The number of amides is 1. The Labute approximate surface area is 62.8 Å². The molecular weight excluding hydrogens is 126 g/mol. The van der Waals surface area contributed by atoms with Crippen molar-refractivity contribution in [2.24, 2.45) is 16.6 Å². The van der Waals surface area contributed by atoms with Crippen molar-refractivity contribution in [2.75, 3.05) is 0 Å². The lowest BCUT2D eigenvalue weighted by atomic mass is 9.69. The quantitative estimate of drug-likeness (QED) is 0.594. The van der Waals surface area contributed by atoms with Crippen LogP contribution in [0.15, 0.2) is 0 Å². The fourth-order valence-electron chi connectivity index (χ4n) is 0.370. The molecule has 0 heterocycles. The smallest absolute Gasteiger partial charge is 0.223 e. The van der Waals surface area contributed by atoms with E-state index in [4.69, 9.17) is 5.73 Å². The van der Waals surface area contributed by atoms with Crippen LogP contribution in [0.3, 0.4) is 0 Å². The second-order valence-electron chi connectivity index (χ2n) is 4.24. The molecule has 0 aliphatic carbocycles. The van der Waals surface area contributed by atoms with Crippen molar-refractivity contribution in [1.29, 1.82) is 0 Å². The Hall–Kier alpha value is -0.530. The zero-order valence-corrected chi connectivity index (χ0v) is 7.49. The average molecular weight is 143 g/mol. The summed E-state index contributed by atoms with van der Waals surface area (Å²) in [4.78, 5) is 10.9. The van der Waals surface area contributed by atoms with Gasteiger partial charge >= 0.3 is 0 Å². The Morgan fingerprint density at radius 3 is 1.40 bits per heavy atom. The number of nitrogens with two attached hydrogens (primary N) is 1. The summed E-state index contributed by atoms with van der Waals surface area (Å²) in [6.07, 6.45) is 0. The van der Waals surface area contributed by atoms with Crippen molar-refractivity contribution in [3.8, 4) is 0 Å². The van der Waals surface area contributed by atoms with Gasteiger partial charge in [-0.2, -0.15) is 0 Å². The maximum absolute atomic E-state index is 10.9. The summed E-state index contributed by atoms with van der Waals surface area (Å²) in [6, 6.07) is 0. The molecule has 10 heavy (non-hydrogen) atoms. The Morgan fingerprint density at radius 2 is 1.40 bits per heavy atom. The third kappa shape index (κ3) is 1.49. The van der Waals surface area contributed by atoms with Crippen LogP contribution in [0.4, 0.5) is 0 Å². The number of hydrogen-bond donors (Lipinski definition) is 1. The van der Waals surface area contributed by atoms with Gasteiger partial charge in [0.1, 0.15) is 0 Å². The van der Waals surface area contributed by atoms with E-state index >= 15 is 0 Å². The maximum atomic E-state index is 10.9. The van der Waals surface area contributed by atoms with E-state index in [0.29, 0.717) is 0 Å². The van der Waals surface area contributed by atoms with Crippen molar-refractivity contribution in [3.05, 3.63) is 0 Å². The van der Waals surface area contributed by atoms with E-state index in [9.17, 15) is 4.79 Å². The first kappa shape index (κ1) is 9.47. The molecule has 0 radical (unpaired) electrons. The minimum absolute atomic E-state index is 0.0567. The Balaban J connectivity index is 4.57. The normalized spacial score (nSPS) is 13.3. The average Bonchev–Trinajstić information content (AvgIpc) is 1.62. The lowest BCUT2D eigenvalue weighted by Gasteiger charge is -2.35. The number of hydrogen-bond acceptors (Lipinski definition) is 1. The second kappa shape index (κ2) is 2.26. The second-order valence-corrected chi connectivity index (χ2v) is 4.24. The van der Waals surface area contributed by atoms with Gasteiger partial charge in [0, 0.05) is 5.41 Å². The van der Waals surface area contributed by atoms with Crippen molar-refractivity contribution in [2.45, 2.75) is 34.6 Å². The minimum atomic E-state index is -0.424. The van der Waals surface area contributed by atoms with Crippen LogP contribution in [0.25, 0.3) is 0 Å². The van der Waals surface area contributed by atoms with E-state index in [-0.39, 0.29) is 11.3 Å². The van der Waals surface area contributed by atoms with Gasteiger partial charge in [0.05, 0.1) is 0 Å². The summed E-state index contributed by atoms with van der Waals surface area (Å²) in [7, 11) is 0. The fraction of sp³-hybridized carbons (Fsp3) is 0.875. The van der Waals surface area contributed by atoms with Gasteiger partial charge in [-0.15, -0.1) is 0 Å². The van der Waals surface area contributed by atoms with Crippen LogP contribution in [0.1, 0.15) is 34.6 Å². The summed E-state index contributed by atoms with van der Waals surface area (Å²) < 4.78 is 0. The van der Waals surface area contributed by atoms with Gasteiger partial charge in [-0.1, -0.05) is 34.6 Å². The zero-order chi connectivity index (χ0) is 8.58. The molecule has 0 saturated carbocycles. The van der Waals surface area contributed by atoms with Gasteiger partial charge in [0.15, 0.2) is 0 Å². The molecule has 1 amide bonds. The number of rotatable bonds is 1. The molecule has 0 aliphatic rings. The van der Waals surface area contributed by atoms with E-state index in [1.807, 2.05) is 34.6 Å². The Kier molecular flexibility index (Phi) is 2.14. The molecule has 0 saturated heterocycles. The summed E-state index contributed by atoms with van der Waals surface area (Å²) in [6.45, 7) is 9.78. The summed E-state index contributed by atoms with van der Waals surface area (Å²) in [5.41, 5.74) is 4.74. The largest absolute Gasteiger partial charge is 0.369 e. The molecule has 0 rings (SSSR count). The van der Waals surface area contributed by atoms with Crippen LogP contribution in [0, 0.1) is 10.8 Å². The molecule has 0 atom stereocenters. The van der Waals surface area contributed by atoms with Crippen molar-refractivity contribution in [3.63, 3.8) is 0 Å². The first-order chi connectivity index (χ1) is 4.19. The van der Waals surface area contributed by atoms with Crippen molar-refractivity contribution in [1.82, 2.24) is 0 Å². The first-order valence-electron chi connectivity index (χ1n) is 3.49. The van der Waals surface area contributed by atoms with Gasteiger partial charge in [0.25, 0.3) is 0 Å².